The number of rotatable bonds is 7. The number of fused-ring (bicyclic) bond motifs is 2. The van der Waals surface area contributed by atoms with E-state index in [1.54, 1.807) is 18.2 Å². The highest BCUT2D eigenvalue weighted by Crippen LogP contribution is 2.33. The molecule has 0 saturated carbocycles. The smallest absolute Gasteiger partial charge is 0.336 e. The second kappa shape index (κ2) is 11.4. The van der Waals surface area contributed by atoms with E-state index in [0.717, 1.165) is 22.2 Å². The van der Waals surface area contributed by atoms with Crippen molar-refractivity contribution in [2.24, 2.45) is 0 Å². The van der Waals surface area contributed by atoms with Gasteiger partial charge in [0, 0.05) is 18.7 Å². The van der Waals surface area contributed by atoms with E-state index in [4.69, 9.17) is 4.74 Å². The molecule has 0 spiro atoms. The summed E-state index contributed by atoms with van der Waals surface area (Å²) < 4.78 is 5.94. The van der Waals surface area contributed by atoms with Gasteiger partial charge in [-0.15, -0.1) is 0 Å². The third-order valence-electron chi connectivity index (χ3n) is 7.35. The van der Waals surface area contributed by atoms with Crippen molar-refractivity contribution in [3.8, 4) is 17.6 Å². The first-order chi connectivity index (χ1) is 20.0. The summed E-state index contributed by atoms with van der Waals surface area (Å²) in [6.45, 7) is 2.26. The number of nitrogens with zero attached hydrogens (tertiary/aromatic N) is 1. The van der Waals surface area contributed by atoms with Crippen molar-refractivity contribution in [2.45, 2.75) is 12.5 Å². The Kier molecular flexibility index (Phi) is 7.25. The van der Waals surface area contributed by atoms with E-state index in [-0.39, 0.29) is 17.4 Å². The fraction of sp³-hybridized carbons (Fsp3) is 0.143. The fourth-order valence-electron chi connectivity index (χ4n) is 5.22. The number of ether oxygens (including phenoxy) is 1. The first kappa shape index (κ1) is 26.0. The highest BCUT2D eigenvalue weighted by atomic mass is 16.5. The number of nitrogens with one attached hydrogen (secondary N) is 1. The number of hydrogen-bond acceptors (Lipinski definition) is 4. The van der Waals surface area contributed by atoms with Gasteiger partial charge >= 0.3 is 5.97 Å². The largest absolute Gasteiger partial charge is 0.490 e. The number of carbonyl (C=O) groups excluding carboxylic acids is 1. The molecule has 1 aliphatic carbocycles. The zero-order chi connectivity index (χ0) is 28.2. The monoisotopic (exact) mass is 540 g/mol. The molecule has 0 aromatic heterocycles. The lowest BCUT2D eigenvalue weighted by molar-refractivity contribution is 0.0695. The van der Waals surface area contributed by atoms with Gasteiger partial charge in [0.25, 0.3) is 5.91 Å². The zero-order valence-electron chi connectivity index (χ0n) is 22.3. The number of hydrogen-bond donors (Lipinski definition) is 2. The predicted molar refractivity (Wildman–Crippen MR) is 160 cm³/mol. The van der Waals surface area contributed by atoms with Gasteiger partial charge in [0.2, 0.25) is 0 Å². The number of aromatic carboxylic acids is 1. The van der Waals surface area contributed by atoms with Gasteiger partial charge < -0.3 is 20.1 Å². The molecule has 0 fully saturated rings. The molecule has 1 amide bonds. The Hall–Kier alpha value is -5.28. The van der Waals surface area contributed by atoms with Crippen molar-refractivity contribution in [1.82, 2.24) is 5.32 Å². The second-order valence-electron chi connectivity index (χ2n) is 10.1. The molecule has 41 heavy (non-hydrogen) atoms. The van der Waals surface area contributed by atoms with Crippen LogP contribution in [-0.4, -0.2) is 36.7 Å². The Morgan fingerprint density at radius 1 is 0.976 bits per heavy atom. The van der Waals surface area contributed by atoms with Crippen molar-refractivity contribution in [3.05, 3.63) is 131 Å². The molecule has 1 aliphatic heterocycles. The number of allylic oxidation sites excluding steroid dienone is 2. The number of anilines is 1. The summed E-state index contributed by atoms with van der Waals surface area (Å²) >= 11 is 0. The minimum atomic E-state index is -0.958. The Balaban J connectivity index is 1.12. The third-order valence-corrected chi connectivity index (χ3v) is 7.35. The SMILES string of the molecule is O=C(NCc1ccc2ccccc2c1)c1ccc2c(c1)OCCN2CC1=CC#CC(c2ccccc2C(=O)O)C=C1. The molecular formula is C35H28N2O4. The maximum absolute atomic E-state index is 13.0. The van der Waals surface area contributed by atoms with E-state index in [2.05, 4.69) is 46.3 Å². The van der Waals surface area contributed by atoms with Crippen LogP contribution >= 0.6 is 0 Å². The molecule has 6 rings (SSSR count). The summed E-state index contributed by atoms with van der Waals surface area (Å²) in [5, 5.41) is 14.9. The van der Waals surface area contributed by atoms with Gasteiger partial charge in [0.1, 0.15) is 12.4 Å². The molecule has 1 heterocycles. The topological polar surface area (TPSA) is 78.9 Å². The van der Waals surface area contributed by atoms with Crippen LogP contribution in [0.3, 0.4) is 0 Å². The van der Waals surface area contributed by atoms with E-state index in [1.807, 2.05) is 60.7 Å². The lowest BCUT2D eigenvalue weighted by Gasteiger charge is -2.31. The van der Waals surface area contributed by atoms with Gasteiger partial charge in [-0.05, 0) is 63.9 Å². The predicted octanol–water partition coefficient (Wildman–Crippen LogP) is 5.95. The molecule has 1 unspecified atom stereocenters. The van der Waals surface area contributed by atoms with E-state index in [9.17, 15) is 14.7 Å². The molecule has 6 heteroatoms. The summed E-state index contributed by atoms with van der Waals surface area (Å²) in [6.07, 6.45) is 5.83. The fourth-order valence-corrected chi connectivity index (χ4v) is 5.22. The van der Waals surface area contributed by atoms with Crippen LogP contribution in [0, 0.1) is 11.8 Å². The van der Waals surface area contributed by atoms with Gasteiger partial charge in [-0.25, -0.2) is 4.79 Å². The van der Waals surface area contributed by atoms with E-state index >= 15 is 0 Å². The summed E-state index contributed by atoms with van der Waals surface area (Å²) in [5.74, 6) is 5.54. The van der Waals surface area contributed by atoms with Gasteiger partial charge in [-0.3, -0.25) is 4.79 Å². The van der Waals surface area contributed by atoms with E-state index < -0.39 is 5.97 Å². The van der Waals surface area contributed by atoms with Gasteiger partial charge in [0.05, 0.1) is 23.7 Å². The minimum Gasteiger partial charge on any atom is -0.490 e. The lowest BCUT2D eigenvalue weighted by Crippen LogP contribution is -2.34. The first-order valence-electron chi connectivity index (χ1n) is 13.5. The van der Waals surface area contributed by atoms with Gasteiger partial charge in [-0.2, -0.15) is 0 Å². The van der Waals surface area contributed by atoms with Crippen molar-refractivity contribution in [3.63, 3.8) is 0 Å². The molecule has 2 N–H and O–H groups in total. The van der Waals surface area contributed by atoms with Crippen molar-refractivity contribution >= 4 is 28.3 Å². The number of carboxylic acid groups (broad SMARTS) is 1. The van der Waals surface area contributed by atoms with Crippen molar-refractivity contribution < 1.29 is 19.4 Å². The minimum absolute atomic E-state index is 0.154. The average Bonchev–Trinajstić information content (AvgIpc) is 3.25. The van der Waals surface area contributed by atoms with Crippen LogP contribution < -0.4 is 15.0 Å². The van der Waals surface area contributed by atoms with Crippen molar-refractivity contribution in [2.75, 3.05) is 24.6 Å². The lowest BCUT2D eigenvalue weighted by atomic mass is 9.94. The van der Waals surface area contributed by atoms with Crippen LogP contribution in [0.15, 0.2) is 109 Å². The van der Waals surface area contributed by atoms with E-state index in [0.29, 0.717) is 43.1 Å². The third kappa shape index (κ3) is 5.70. The van der Waals surface area contributed by atoms with Gasteiger partial charge in [0.15, 0.2) is 0 Å². The van der Waals surface area contributed by atoms with Crippen LogP contribution in [0.2, 0.25) is 0 Å². The Bertz CT molecular complexity index is 1780. The summed E-state index contributed by atoms with van der Waals surface area (Å²) in [5.41, 5.74) is 4.46. The van der Waals surface area contributed by atoms with Crippen LogP contribution in [-0.2, 0) is 6.54 Å². The zero-order valence-corrected chi connectivity index (χ0v) is 22.3. The highest BCUT2D eigenvalue weighted by molar-refractivity contribution is 5.95. The molecule has 0 radical (unpaired) electrons. The molecule has 1 atom stereocenters. The molecule has 0 saturated heterocycles. The highest BCUT2D eigenvalue weighted by Gasteiger charge is 2.21. The Morgan fingerprint density at radius 2 is 1.80 bits per heavy atom. The molecule has 4 aromatic rings. The normalized spacial score (nSPS) is 15.6. The summed E-state index contributed by atoms with van der Waals surface area (Å²) in [7, 11) is 0. The Morgan fingerprint density at radius 3 is 2.68 bits per heavy atom. The standard InChI is InChI=1S/C35H28N2O4/c38-34(36-22-25-13-14-26-7-1-2-8-28(26)20-25)29-16-17-32-33(21-29)41-19-18-37(32)23-24-6-5-9-27(15-12-24)30-10-3-4-11-31(30)35(39)40/h1-4,6-8,10-17,20-21,27H,18-19,22-23H2,(H,36,38)(H,39,40). The number of carboxylic acids is 1. The first-order valence-corrected chi connectivity index (χ1v) is 13.5. The molecule has 6 nitrogen and oxygen atoms in total. The molecule has 0 bridgehead atoms. The maximum Gasteiger partial charge on any atom is 0.336 e. The van der Waals surface area contributed by atoms with Gasteiger partial charge in [-0.1, -0.05) is 78.6 Å². The molecule has 2 aliphatic rings. The van der Waals surface area contributed by atoms with Crippen molar-refractivity contribution in [1.29, 1.82) is 0 Å². The maximum atomic E-state index is 13.0. The average molecular weight is 541 g/mol. The molecule has 202 valence electrons. The number of benzene rings is 4. The summed E-state index contributed by atoms with van der Waals surface area (Å²) in [4.78, 5) is 26.9. The van der Waals surface area contributed by atoms with Crippen LogP contribution in [0.5, 0.6) is 5.75 Å². The number of carbonyl (C=O) groups is 2. The molecular weight excluding hydrogens is 512 g/mol. The van der Waals surface area contributed by atoms with Crippen LogP contribution in [0.25, 0.3) is 10.8 Å². The number of amides is 1. The Labute approximate surface area is 238 Å². The second-order valence-corrected chi connectivity index (χ2v) is 10.1. The van der Waals surface area contributed by atoms with Crippen LogP contribution in [0.1, 0.15) is 37.8 Å². The van der Waals surface area contributed by atoms with Crippen LogP contribution in [0.4, 0.5) is 5.69 Å². The van der Waals surface area contributed by atoms with E-state index in [1.165, 1.54) is 5.39 Å². The molecule has 4 aromatic carbocycles. The summed E-state index contributed by atoms with van der Waals surface area (Å²) in [6, 6.07) is 26.9. The quantitative estimate of drug-likeness (QED) is 0.283.